The van der Waals surface area contributed by atoms with Crippen molar-refractivity contribution in [2.75, 3.05) is 6.54 Å². The van der Waals surface area contributed by atoms with E-state index >= 15 is 0 Å². The quantitative estimate of drug-likeness (QED) is 0.763. The lowest BCUT2D eigenvalue weighted by molar-refractivity contribution is 0.0297. The van der Waals surface area contributed by atoms with Crippen LogP contribution in [0.1, 0.15) is 55.8 Å². The first-order valence-corrected chi connectivity index (χ1v) is 8.60. The molecular weight excluding hydrogens is 282 g/mol. The fourth-order valence-corrected chi connectivity index (χ4v) is 4.37. The van der Waals surface area contributed by atoms with Crippen molar-refractivity contribution in [1.82, 2.24) is 4.90 Å². The Labute approximate surface area is 132 Å². The molecule has 0 amide bonds. The van der Waals surface area contributed by atoms with Crippen LogP contribution in [0.3, 0.4) is 0 Å². The van der Waals surface area contributed by atoms with Gasteiger partial charge < -0.3 is 0 Å². The summed E-state index contributed by atoms with van der Waals surface area (Å²) in [6, 6.07) is 7.94. The van der Waals surface area contributed by atoms with Crippen molar-refractivity contribution in [3.05, 3.63) is 34.9 Å². The number of hydrogen-bond donors (Lipinski definition) is 0. The number of likely N-dealkylation sites (tertiary alicyclic amines) is 1. The van der Waals surface area contributed by atoms with Gasteiger partial charge in [0.25, 0.3) is 0 Å². The van der Waals surface area contributed by atoms with Crippen LogP contribution in [0, 0.1) is 5.92 Å². The maximum atomic E-state index is 12.8. The maximum absolute atomic E-state index is 12.8. The van der Waals surface area contributed by atoms with Gasteiger partial charge in [-0.1, -0.05) is 36.6 Å². The van der Waals surface area contributed by atoms with Crippen LogP contribution in [-0.4, -0.2) is 29.3 Å². The molecule has 0 N–H and O–H groups in total. The van der Waals surface area contributed by atoms with Crippen molar-refractivity contribution in [3.63, 3.8) is 0 Å². The van der Waals surface area contributed by atoms with E-state index in [4.69, 9.17) is 11.6 Å². The first-order chi connectivity index (χ1) is 10.2. The van der Waals surface area contributed by atoms with Gasteiger partial charge in [0.05, 0.1) is 6.04 Å². The van der Waals surface area contributed by atoms with E-state index in [9.17, 15) is 4.79 Å². The highest BCUT2D eigenvalue weighted by Crippen LogP contribution is 2.36. The molecule has 3 rings (SSSR count). The zero-order valence-corrected chi connectivity index (χ0v) is 13.5. The van der Waals surface area contributed by atoms with E-state index < -0.39 is 0 Å². The van der Waals surface area contributed by atoms with E-state index in [1.165, 1.54) is 38.5 Å². The number of Topliss-reactive ketones (excluding diaryl/α,β-unsaturated/α-hetero) is 1. The van der Waals surface area contributed by atoms with Gasteiger partial charge in [0.15, 0.2) is 5.78 Å². The van der Waals surface area contributed by atoms with Gasteiger partial charge in [-0.2, -0.15) is 0 Å². The van der Waals surface area contributed by atoms with Gasteiger partial charge in [-0.25, -0.2) is 0 Å². The lowest BCUT2D eigenvalue weighted by Gasteiger charge is -2.46. The molecule has 1 aliphatic carbocycles. The minimum atomic E-state index is -0.0330. The lowest BCUT2D eigenvalue weighted by Crippen LogP contribution is -2.53. The topological polar surface area (TPSA) is 20.3 Å². The number of benzene rings is 1. The van der Waals surface area contributed by atoms with Crippen molar-refractivity contribution >= 4 is 17.4 Å². The normalized spacial score (nSPS) is 27.9. The molecule has 3 atom stereocenters. The summed E-state index contributed by atoms with van der Waals surface area (Å²) in [5.74, 6) is 1.02. The van der Waals surface area contributed by atoms with Crippen LogP contribution >= 0.6 is 11.6 Å². The largest absolute Gasteiger partial charge is 0.292 e. The highest BCUT2D eigenvalue weighted by atomic mass is 35.5. The van der Waals surface area contributed by atoms with E-state index in [1.54, 1.807) is 6.07 Å². The van der Waals surface area contributed by atoms with Gasteiger partial charge in [0.2, 0.25) is 0 Å². The van der Waals surface area contributed by atoms with Crippen LogP contribution in [0.2, 0.25) is 5.02 Å². The molecule has 2 fully saturated rings. The second kappa shape index (κ2) is 6.50. The average molecular weight is 306 g/mol. The van der Waals surface area contributed by atoms with E-state index in [1.807, 2.05) is 18.2 Å². The Hall–Kier alpha value is -0.860. The van der Waals surface area contributed by atoms with Crippen LogP contribution in [0.4, 0.5) is 0 Å². The molecule has 2 aliphatic rings. The Morgan fingerprint density at radius 1 is 1.24 bits per heavy atom. The SMILES string of the molecule is CC(C(=O)c1cccc(Cl)c1)N1CCCC2CCCCC21. The molecule has 0 aromatic heterocycles. The van der Waals surface area contributed by atoms with Gasteiger partial charge in [-0.15, -0.1) is 0 Å². The summed E-state index contributed by atoms with van der Waals surface area (Å²) in [7, 11) is 0. The van der Waals surface area contributed by atoms with E-state index in [0.29, 0.717) is 11.1 Å². The predicted octanol–water partition coefficient (Wildman–Crippen LogP) is 4.57. The van der Waals surface area contributed by atoms with E-state index in [-0.39, 0.29) is 11.8 Å². The molecule has 0 spiro atoms. The summed E-state index contributed by atoms with van der Waals surface area (Å²) in [4.78, 5) is 15.2. The van der Waals surface area contributed by atoms with Crippen molar-refractivity contribution in [2.45, 2.75) is 57.5 Å². The van der Waals surface area contributed by atoms with Crippen LogP contribution in [0.15, 0.2) is 24.3 Å². The molecular formula is C18H24ClNO. The Bertz CT molecular complexity index is 514. The molecule has 1 heterocycles. The van der Waals surface area contributed by atoms with Crippen LogP contribution in [0.25, 0.3) is 0 Å². The number of rotatable bonds is 3. The van der Waals surface area contributed by atoms with Crippen molar-refractivity contribution < 1.29 is 4.79 Å². The summed E-state index contributed by atoms with van der Waals surface area (Å²) in [5.41, 5.74) is 0.743. The average Bonchev–Trinajstić information content (AvgIpc) is 2.53. The molecule has 1 aliphatic heterocycles. The molecule has 1 aromatic carbocycles. The Kier molecular flexibility index (Phi) is 4.66. The predicted molar refractivity (Wildman–Crippen MR) is 86.9 cm³/mol. The third-order valence-electron chi connectivity index (χ3n) is 5.27. The maximum Gasteiger partial charge on any atom is 0.179 e. The third kappa shape index (κ3) is 3.17. The van der Waals surface area contributed by atoms with Gasteiger partial charge in [-0.05, 0) is 57.2 Å². The minimum absolute atomic E-state index is 0.0330. The molecule has 3 heteroatoms. The molecule has 2 nitrogen and oxygen atoms in total. The summed E-state index contributed by atoms with van der Waals surface area (Å²) in [6.45, 7) is 3.13. The van der Waals surface area contributed by atoms with Gasteiger partial charge in [0, 0.05) is 16.6 Å². The van der Waals surface area contributed by atoms with Crippen molar-refractivity contribution in [1.29, 1.82) is 0 Å². The number of carbonyl (C=O) groups is 1. The van der Waals surface area contributed by atoms with Crippen LogP contribution < -0.4 is 0 Å². The second-order valence-electron chi connectivity index (χ2n) is 6.54. The molecule has 114 valence electrons. The third-order valence-corrected chi connectivity index (χ3v) is 5.51. The van der Waals surface area contributed by atoms with Gasteiger partial charge in [-0.3, -0.25) is 9.69 Å². The Morgan fingerprint density at radius 2 is 2.00 bits per heavy atom. The number of ketones is 1. The van der Waals surface area contributed by atoms with Gasteiger partial charge in [0.1, 0.15) is 0 Å². The monoisotopic (exact) mass is 305 g/mol. The standard InChI is InChI=1S/C18H24ClNO/c1-13(18(21)15-7-4-9-16(19)12-15)20-11-5-8-14-6-2-3-10-17(14)20/h4,7,9,12-14,17H,2-3,5-6,8,10-11H2,1H3. The zero-order valence-electron chi connectivity index (χ0n) is 12.7. The molecule has 1 aromatic rings. The molecule has 1 saturated heterocycles. The zero-order chi connectivity index (χ0) is 14.8. The fraction of sp³-hybridized carbons (Fsp3) is 0.611. The molecule has 1 saturated carbocycles. The Balaban J connectivity index is 1.77. The van der Waals surface area contributed by atoms with E-state index in [2.05, 4.69) is 11.8 Å². The first-order valence-electron chi connectivity index (χ1n) is 8.22. The van der Waals surface area contributed by atoms with Crippen molar-refractivity contribution in [3.8, 4) is 0 Å². The Morgan fingerprint density at radius 3 is 2.81 bits per heavy atom. The molecule has 0 bridgehead atoms. The van der Waals surface area contributed by atoms with E-state index in [0.717, 1.165) is 18.0 Å². The molecule has 21 heavy (non-hydrogen) atoms. The number of piperidine rings is 1. The smallest absolute Gasteiger partial charge is 0.179 e. The van der Waals surface area contributed by atoms with Crippen LogP contribution in [0.5, 0.6) is 0 Å². The summed E-state index contributed by atoms with van der Waals surface area (Å²) in [6.07, 6.45) is 7.87. The fourth-order valence-electron chi connectivity index (χ4n) is 4.18. The minimum Gasteiger partial charge on any atom is -0.292 e. The van der Waals surface area contributed by atoms with Crippen LogP contribution in [-0.2, 0) is 0 Å². The summed E-state index contributed by atoms with van der Waals surface area (Å²) >= 11 is 6.02. The highest BCUT2D eigenvalue weighted by Gasteiger charge is 2.37. The number of halogens is 1. The number of fused-ring (bicyclic) bond motifs is 1. The first kappa shape index (κ1) is 15.1. The highest BCUT2D eigenvalue weighted by molar-refractivity contribution is 6.31. The second-order valence-corrected chi connectivity index (χ2v) is 6.98. The van der Waals surface area contributed by atoms with Crippen molar-refractivity contribution in [2.24, 2.45) is 5.92 Å². The summed E-state index contributed by atoms with van der Waals surface area (Å²) in [5, 5.41) is 0.641. The number of carbonyl (C=O) groups excluding carboxylic acids is 1. The lowest BCUT2D eigenvalue weighted by atomic mass is 9.77. The molecule has 0 radical (unpaired) electrons. The number of nitrogens with zero attached hydrogens (tertiary/aromatic N) is 1. The molecule has 3 unspecified atom stereocenters. The summed E-state index contributed by atoms with van der Waals surface area (Å²) < 4.78 is 0. The van der Waals surface area contributed by atoms with Gasteiger partial charge >= 0.3 is 0 Å². The number of hydrogen-bond acceptors (Lipinski definition) is 2.